The summed E-state index contributed by atoms with van der Waals surface area (Å²) in [4.78, 5) is 14.9. The molecule has 1 aliphatic carbocycles. The molecule has 0 heterocycles. The first-order chi connectivity index (χ1) is 14.0. The molecule has 29 heavy (non-hydrogen) atoms. The Morgan fingerprint density at radius 3 is 2.48 bits per heavy atom. The third-order valence-electron chi connectivity index (χ3n) is 6.28. The van der Waals surface area contributed by atoms with Gasteiger partial charge in [0.2, 0.25) is 5.91 Å². The standard InChI is InChI=1S/C25H42N2O2/c1-4-6-7-8-13-23(11-5-2)29-24-14-10-9-12-20(24)19-25(28)27(3)22-17-15-21(26)16-18-22/h9-10,12,14,21-23H,4-8,11,13,15-19,26H2,1-3H3. The van der Waals surface area contributed by atoms with Crippen LogP contribution < -0.4 is 10.5 Å². The number of carbonyl (C=O) groups is 1. The van der Waals surface area contributed by atoms with Crippen LogP contribution in [0.15, 0.2) is 24.3 Å². The molecular formula is C25H42N2O2. The van der Waals surface area contributed by atoms with Crippen LogP contribution in [0.25, 0.3) is 0 Å². The Hall–Kier alpha value is -1.55. The normalized spacial score (nSPS) is 20.3. The van der Waals surface area contributed by atoms with Crippen LogP contribution in [0.1, 0.15) is 90.0 Å². The second-order valence-electron chi connectivity index (χ2n) is 8.74. The highest BCUT2D eigenvalue weighted by atomic mass is 16.5. The van der Waals surface area contributed by atoms with E-state index in [0.29, 0.717) is 18.5 Å². The van der Waals surface area contributed by atoms with Gasteiger partial charge in [-0.05, 0) is 51.0 Å². The maximum Gasteiger partial charge on any atom is 0.227 e. The minimum absolute atomic E-state index is 0.177. The molecule has 1 fully saturated rings. The fourth-order valence-corrected chi connectivity index (χ4v) is 4.31. The summed E-state index contributed by atoms with van der Waals surface area (Å²) in [6, 6.07) is 8.70. The third kappa shape index (κ3) is 8.00. The van der Waals surface area contributed by atoms with Gasteiger partial charge < -0.3 is 15.4 Å². The molecule has 1 saturated carbocycles. The summed E-state index contributed by atoms with van der Waals surface area (Å²) in [5.74, 6) is 1.06. The van der Waals surface area contributed by atoms with Gasteiger partial charge in [-0.3, -0.25) is 4.79 Å². The zero-order valence-corrected chi connectivity index (χ0v) is 18.9. The number of nitrogens with two attached hydrogens (primary N) is 1. The van der Waals surface area contributed by atoms with Gasteiger partial charge in [-0.15, -0.1) is 0 Å². The zero-order valence-electron chi connectivity index (χ0n) is 18.9. The van der Waals surface area contributed by atoms with E-state index in [4.69, 9.17) is 10.5 Å². The summed E-state index contributed by atoms with van der Waals surface area (Å²) in [5, 5.41) is 0. The number of likely N-dealkylation sites (N-methyl/N-ethyl adjacent to an activating group) is 1. The van der Waals surface area contributed by atoms with E-state index in [1.807, 2.05) is 36.2 Å². The average molecular weight is 403 g/mol. The number of carbonyl (C=O) groups excluding carboxylic acids is 1. The topological polar surface area (TPSA) is 55.6 Å². The van der Waals surface area contributed by atoms with E-state index in [9.17, 15) is 4.79 Å². The summed E-state index contributed by atoms with van der Waals surface area (Å²) in [5.41, 5.74) is 7.03. The third-order valence-corrected chi connectivity index (χ3v) is 6.28. The number of amides is 1. The molecule has 1 unspecified atom stereocenters. The second-order valence-corrected chi connectivity index (χ2v) is 8.74. The summed E-state index contributed by atoms with van der Waals surface area (Å²) in [6.45, 7) is 4.45. The van der Waals surface area contributed by atoms with Crippen molar-refractivity contribution in [3.05, 3.63) is 29.8 Å². The van der Waals surface area contributed by atoms with Crippen molar-refractivity contribution >= 4 is 5.91 Å². The molecule has 0 bridgehead atoms. The van der Waals surface area contributed by atoms with Crippen molar-refractivity contribution in [2.24, 2.45) is 5.73 Å². The van der Waals surface area contributed by atoms with Gasteiger partial charge in [0.1, 0.15) is 5.75 Å². The van der Waals surface area contributed by atoms with Gasteiger partial charge in [-0.25, -0.2) is 0 Å². The van der Waals surface area contributed by atoms with Crippen molar-refractivity contribution < 1.29 is 9.53 Å². The minimum atomic E-state index is 0.177. The van der Waals surface area contributed by atoms with E-state index in [2.05, 4.69) is 13.8 Å². The van der Waals surface area contributed by atoms with Crippen molar-refractivity contribution in [1.29, 1.82) is 0 Å². The van der Waals surface area contributed by atoms with E-state index in [1.165, 1.54) is 25.7 Å². The van der Waals surface area contributed by atoms with Gasteiger partial charge in [0, 0.05) is 24.7 Å². The number of benzene rings is 1. The first kappa shape index (κ1) is 23.7. The van der Waals surface area contributed by atoms with Gasteiger partial charge in [-0.1, -0.05) is 57.7 Å². The smallest absolute Gasteiger partial charge is 0.227 e. The molecule has 2 rings (SSSR count). The lowest BCUT2D eigenvalue weighted by molar-refractivity contribution is -0.131. The molecule has 0 radical (unpaired) electrons. The van der Waals surface area contributed by atoms with Crippen molar-refractivity contribution in [2.75, 3.05) is 7.05 Å². The Morgan fingerprint density at radius 1 is 1.07 bits per heavy atom. The Labute approximate surface area is 178 Å². The molecule has 1 aromatic rings. The van der Waals surface area contributed by atoms with Crippen LogP contribution in [-0.4, -0.2) is 36.0 Å². The number of hydrogen-bond acceptors (Lipinski definition) is 3. The molecule has 0 spiro atoms. The Balaban J connectivity index is 1.96. The number of rotatable bonds is 12. The fourth-order valence-electron chi connectivity index (χ4n) is 4.31. The van der Waals surface area contributed by atoms with E-state index in [-0.39, 0.29) is 12.0 Å². The lowest BCUT2D eigenvalue weighted by Crippen LogP contribution is -2.42. The van der Waals surface area contributed by atoms with Crippen LogP contribution in [0.3, 0.4) is 0 Å². The van der Waals surface area contributed by atoms with Crippen molar-refractivity contribution in [1.82, 2.24) is 4.90 Å². The molecule has 1 amide bonds. The molecule has 0 aromatic heterocycles. The van der Waals surface area contributed by atoms with Crippen LogP contribution in [-0.2, 0) is 11.2 Å². The van der Waals surface area contributed by atoms with E-state index in [0.717, 1.165) is 56.3 Å². The average Bonchev–Trinajstić information content (AvgIpc) is 2.72. The molecular weight excluding hydrogens is 360 g/mol. The molecule has 1 atom stereocenters. The molecule has 164 valence electrons. The van der Waals surface area contributed by atoms with E-state index < -0.39 is 0 Å². The lowest BCUT2D eigenvalue weighted by atomic mass is 9.90. The SMILES string of the molecule is CCCCCCC(CCC)Oc1ccccc1CC(=O)N(C)C1CCC(N)CC1. The van der Waals surface area contributed by atoms with Crippen molar-refractivity contribution in [3.63, 3.8) is 0 Å². The summed E-state index contributed by atoms with van der Waals surface area (Å²) >= 11 is 0. The van der Waals surface area contributed by atoms with Crippen LogP contribution in [0.4, 0.5) is 0 Å². The Morgan fingerprint density at radius 2 is 1.79 bits per heavy atom. The largest absolute Gasteiger partial charge is 0.490 e. The summed E-state index contributed by atoms with van der Waals surface area (Å²) in [6.07, 6.45) is 13.0. The summed E-state index contributed by atoms with van der Waals surface area (Å²) < 4.78 is 6.42. The molecule has 1 aliphatic rings. The van der Waals surface area contributed by atoms with Gasteiger partial charge >= 0.3 is 0 Å². The maximum absolute atomic E-state index is 12.9. The molecule has 0 aliphatic heterocycles. The number of unbranched alkanes of at least 4 members (excludes halogenated alkanes) is 3. The fraction of sp³-hybridized carbons (Fsp3) is 0.720. The van der Waals surface area contributed by atoms with Gasteiger partial charge in [-0.2, -0.15) is 0 Å². The van der Waals surface area contributed by atoms with Gasteiger partial charge in [0.05, 0.1) is 12.5 Å². The van der Waals surface area contributed by atoms with Crippen molar-refractivity contribution in [3.8, 4) is 5.75 Å². The number of nitrogens with zero attached hydrogens (tertiary/aromatic N) is 1. The van der Waals surface area contributed by atoms with Crippen LogP contribution in [0, 0.1) is 0 Å². The quantitative estimate of drug-likeness (QED) is 0.471. The van der Waals surface area contributed by atoms with Crippen LogP contribution >= 0.6 is 0 Å². The first-order valence-electron chi connectivity index (χ1n) is 11.8. The summed E-state index contributed by atoms with van der Waals surface area (Å²) in [7, 11) is 1.95. The van der Waals surface area contributed by atoms with E-state index in [1.54, 1.807) is 0 Å². The molecule has 0 saturated heterocycles. The molecule has 4 heteroatoms. The van der Waals surface area contributed by atoms with Crippen LogP contribution in [0.5, 0.6) is 5.75 Å². The predicted octanol–water partition coefficient (Wildman–Crippen LogP) is 5.48. The van der Waals surface area contributed by atoms with Crippen LogP contribution in [0.2, 0.25) is 0 Å². The number of para-hydroxylation sites is 1. The number of ether oxygens (including phenoxy) is 1. The Bertz CT molecular complexity index is 596. The zero-order chi connectivity index (χ0) is 21.1. The van der Waals surface area contributed by atoms with Gasteiger partial charge in [0.25, 0.3) is 0 Å². The van der Waals surface area contributed by atoms with Crippen molar-refractivity contribution in [2.45, 2.75) is 109 Å². The lowest BCUT2D eigenvalue weighted by Gasteiger charge is -2.33. The van der Waals surface area contributed by atoms with Gasteiger partial charge in [0.15, 0.2) is 0 Å². The highest BCUT2D eigenvalue weighted by Crippen LogP contribution is 2.26. The molecule has 4 nitrogen and oxygen atoms in total. The number of hydrogen-bond donors (Lipinski definition) is 1. The highest BCUT2D eigenvalue weighted by Gasteiger charge is 2.25. The minimum Gasteiger partial charge on any atom is -0.490 e. The molecule has 1 aromatic carbocycles. The predicted molar refractivity (Wildman–Crippen MR) is 121 cm³/mol. The monoisotopic (exact) mass is 402 g/mol. The van der Waals surface area contributed by atoms with E-state index >= 15 is 0 Å². The highest BCUT2D eigenvalue weighted by molar-refractivity contribution is 5.79. The first-order valence-corrected chi connectivity index (χ1v) is 11.8. The second kappa shape index (κ2) is 12.9. The maximum atomic E-state index is 12.9. The molecule has 2 N–H and O–H groups in total. The Kier molecular flexibility index (Phi) is 10.5.